The SMILES string of the molecule is ClC1C=C(c2ccc3c(c2)OCC3)CC1. The summed E-state index contributed by atoms with van der Waals surface area (Å²) in [6.45, 7) is 0.829. The van der Waals surface area contributed by atoms with Crippen molar-refractivity contribution >= 4 is 17.2 Å². The Morgan fingerprint density at radius 3 is 3.00 bits per heavy atom. The topological polar surface area (TPSA) is 9.23 Å². The van der Waals surface area contributed by atoms with Gasteiger partial charge < -0.3 is 4.74 Å². The molecule has 2 aliphatic rings. The van der Waals surface area contributed by atoms with Gasteiger partial charge in [-0.3, -0.25) is 0 Å². The zero-order chi connectivity index (χ0) is 10.3. The van der Waals surface area contributed by atoms with Crippen LogP contribution in [0.2, 0.25) is 0 Å². The van der Waals surface area contributed by atoms with Crippen LogP contribution in [0.3, 0.4) is 0 Å². The summed E-state index contributed by atoms with van der Waals surface area (Å²) in [6, 6.07) is 6.53. The Morgan fingerprint density at radius 1 is 1.27 bits per heavy atom. The first-order valence-electron chi connectivity index (χ1n) is 5.44. The molecule has 1 aliphatic heterocycles. The first-order chi connectivity index (χ1) is 7.33. The molecule has 1 aromatic carbocycles. The molecule has 0 amide bonds. The molecular weight excluding hydrogens is 208 g/mol. The van der Waals surface area contributed by atoms with Crippen molar-refractivity contribution < 1.29 is 4.74 Å². The molecule has 0 saturated heterocycles. The van der Waals surface area contributed by atoms with Gasteiger partial charge in [-0.05, 0) is 35.6 Å². The van der Waals surface area contributed by atoms with Gasteiger partial charge >= 0.3 is 0 Å². The maximum absolute atomic E-state index is 6.07. The molecule has 1 atom stereocenters. The Kier molecular flexibility index (Phi) is 2.21. The van der Waals surface area contributed by atoms with Crippen molar-refractivity contribution in [2.75, 3.05) is 6.61 Å². The Morgan fingerprint density at radius 2 is 2.20 bits per heavy atom. The van der Waals surface area contributed by atoms with Crippen LogP contribution in [0.4, 0.5) is 0 Å². The van der Waals surface area contributed by atoms with Gasteiger partial charge in [0, 0.05) is 6.42 Å². The van der Waals surface area contributed by atoms with E-state index in [2.05, 4.69) is 24.3 Å². The largest absolute Gasteiger partial charge is 0.493 e. The van der Waals surface area contributed by atoms with Crippen molar-refractivity contribution in [3.8, 4) is 5.75 Å². The van der Waals surface area contributed by atoms with Gasteiger partial charge in [0.2, 0.25) is 0 Å². The van der Waals surface area contributed by atoms with E-state index in [1.807, 2.05) is 0 Å². The number of allylic oxidation sites excluding steroid dienone is 2. The minimum Gasteiger partial charge on any atom is -0.493 e. The molecular formula is C13H13ClO. The number of ether oxygens (including phenoxy) is 1. The molecule has 1 aromatic rings. The lowest BCUT2D eigenvalue weighted by atomic mass is 10.0. The van der Waals surface area contributed by atoms with Gasteiger partial charge in [0.15, 0.2) is 0 Å². The third-order valence-electron chi connectivity index (χ3n) is 3.14. The third kappa shape index (κ3) is 1.65. The van der Waals surface area contributed by atoms with Crippen LogP contribution in [0.25, 0.3) is 5.57 Å². The Labute approximate surface area is 94.7 Å². The average molecular weight is 221 g/mol. The second-order valence-corrected chi connectivity index (χ2v) is 4.73. The molecule has 0 aromatic heterocycles. The van der Waals surface area contributed by atoms with E-state index in [-0.39, 0.29) is 5.38 Å². The summed E-state index contributed by atoms with van der Waals surface area (Å²) in [6.07, 6.45) is 5.37. The number of hydrogen-bond acceptors (Lipinski definition) is 1. The van der Waals surface area contributed by atoms with Crippen molar-refractivity contribution in [2.45, 2.75) is 24.6 Å². The summed E-state index contributed by atoms with van der Waals surface area (Å²) < 4.78 is 5.57. The molecule has 0 saturated carbocycles. The minimum atomic E-state index is 0.217. The first kappa shape index (κ1) is 9.29. The molecule has 0 bridgehead atoms. The minimum absolute atomic E-state index is 0.217. The third-order valence-corrected chi connectivity index (χ3v) is 3.48. The maximum atomic E-state index is 6.07. The molecule has 78 valence electrons. The number of hydrogen-bond donors (Lipinski definition) is 0. The number of alkyl halides is 1. The highest BCUT2D eigenvalue weighted by Gasteiger charge is 2.17. The molecule has 1 unspecified atom stereocenters. The lowest BCUT2D eigenvalue weighted by Gasteiger charge is -2.04. The zero-order valence-electron chi connectivity index (χ0n) is 8.50. The molecule has 1 heterocycles. The number of fused-ring (bicyclic) bond motifs is 1. The standard InChI is InChI=1S/C13H13ClO/c14-12-4-3-10(7-12)11-2-1-9-5-6-15-13(9)8-11/h1-2,7-8,12H,3-6H2. The van der Waals surface area contributed by atoms with Crippen LogP contribution in [0.5, 0.6) is 5.75 Å². The molecule has 15 heavy (non-hydrogen) atoms. The first-order valence-corrected chi connectivity index (χ1v) is 5.87. The molecule has 0 spiro atoms. The van der Waals surface area contributed by atoms with E-state index in [0.717, 1.165) is 31.6 Å². The van der Waals surface area contributed by atoms with Crippen molar-refractivity contribution in [1.82, 2.24) is 0 Å². The predicted octanol–water partition coefficient (Wildman–Crippen LogP) is 3.41. The second-order valence-electron chi connectivity index (χ2n) is 4.17. The maximum Gasteiger partial charge on any atom is 0.123 e. The van der Waals surface area contributed by atoms with E-state index in [1.54, 1.807) is 0 Å². The zero-order valence-corrected chi connectivity index (χ0v) is 9.26. The Bertz CT molecular complexity index is 423. The van der Waals surface area contributed by atoms with Crippen LogP contribution >= 0.6 is 11.6 Å². The molecule has 1 aliphatic carbocycles. The van der Waals surface area contributed by atoms with Crippen LogP contribution in [-0.4, -0.2) is 12.0 Å². The van der Waals surface area contributed by atoms with E-state index in [4.69, 9.17) is 16.3 Å². The molecule has 1 nitrogen and oxygen atoms in total. The molecule has 3 rings (SSSR count). The highest BCUT2D eigenvalue weighted by molar-refractivity contribution is 6.22. The van der Waals surface area contributed by atoms with E-state index in [0.29, 0.717) is 0 Å². The van der Waals surface area contributed by atoms with Crippen molar-refractivity contribution in [3.63, 3.8) is 0 Å². The van der Waals surface area contributed by atoms with Gasteiger partial charge in [0.25, 0.3) is 0 Å². The lowest BCUT2D eigenvalue weighted by Crippen LogP contribution is -1.86. The van der Waals surface area contributed by atoms with E-state index >= 15 is 0 Å². The van der Waals surface area contributed by atoms with Gasteiger partial charge in [-0.25, -0.2) is 0 Å². The smallest absolute Gasteiger partial charge is 0.123 e. The van der Waals surface area contributed by atoms with E-state index in [1.165, 1.54) is 16.7 Å². The number of benzene rings is 1. The Balaban J connectivity index is 1.96. The molecule has 0 radical (unpaired) electrons. The van der Waals surface area contributed by atoms with Crippen LogP contribution in [-0.2, 0) is 6.42 Å². The van der Waals surface area contributed by atoms with Gasteiger partial charge in [0.05, 0.1) is 12.0 Å². The molecule has 0 N–H and O–H groups in total. The molecule has 0 fully saturated rings. The van der Waals surface area contributed by atoms with Crippen molar-refractivity contribution in [3.05, 3.63) is 35.4 Å². The lowest BCUT2D eigenvalue weighted by molar-refractivity contribution is 0.356. The van der Waals surface area contributed by atoms with Crippen molar-refractivity contribution in [1.29, 1.82) is 0 Å². The summed E-state index contributed by atoms with van der Waals surface area (Å²) in [5.41, 5.74) is 3.98. The Hall–Kier alpha value is -0.950. The van der Waals surface area contributed by atoms with Crippen LogP contribution in [0.1, 0.15) is 24.0 Å². The van der Waals surface area contributed by atoms with E-state index < -0.39 is 0 Å². The van der Waals surface area contributed by atoms with Gasteiger partial charge in [0.1, 0.15) is 5.75 Å². The summed E-state index contributed by atoms with van der Waals surface area (Å²) in [4.78, 5) is 0. The fraction of sp³-hybridized carbons (Fsp3) is 0.385. The van der Waals surface area contributed by atoms with Crippen molar-refractivity contribution in [2.24, 2.45) is 0 Å². The number of halogens is 1. The van der Waals surface area contributed by atoms with Gasteiger partial charge in [-0.15, -0.1) is 11.6 Å². The summed E-state index contributed by atoms with van der Waals surface area (Å²) >= 11 is 6.07. The monoisotopic (exact) mass is 220 g/mol. The summed E-state index contributed by atoms with van der Waals surface area (Å²) in [7, 11) is 0. The van der Waals surface area contributed by atoms with Gasteiger partial charge in [-0.1, -0.05) is 18.2 Å². The highest BCUT2D eigenvalue weighted by Crippen LogP contribution is 2.34. The fourth-order valence-corrected chi connectivity index (χ4v) is 2.55. The summed E-state index contributed by atoms with van der Waals surface area (Å²) in [5, 5.41) is 0.217. The fourth-order valence-electron chi connectivity index (χ4n) is 2.29. The van der Waals surface area contributed by atoms with E-state index in [9.17, 15) is 0 Å². The van der Waals surface area contributed by atoms with Crippen LogP contribution in [0, 0.1) is 0 Å². The summed E-state index contributed by atoms with van der Waals surface area (Å²) in [5.74, 6) is 1.06. The van der Waals surface area contributed by atoms with Gasteiger partial charge in [-0.2, -0.15) is 0 Å². The highest BCUT2D eigenvalue weighted by atomic mass is 35.5. The average Bonchev–Trinajstić information content (AvgIpc) is 2.84. The predicted molar refractivity (Wildman–Crippen MR) is 62.5 cm³/mol. The van der Waals surface area contributed by atoms with Crippen LogP contribution in [0.15, 0.2) is 24.3 Å². The van der Waals surface area contributed by atoms with Crippen LogP contribution < -0.4 is 4.74 Å². The number of rotatable bonds is 1. The molecule has 2 heteroatoms. The quantitative estimate of drug-likeness (QED) is 0.660. The normalized spacial score (nSPS) is 23.5. The second kappa shape index (κ2) is 3.57.